The number of rotatable bonds is 3. The summed E-state index contributed by atoms with van der Waals surface area (Å²) in [5.74, 6) is 0.264. The minimum absolute atomic E-state index is 0.174. The van der Waals surface area contributed by atoms with E-state index in [0.717, 1.165) is 10.7 Å². The summed E-state index contributed by atoms with van der Waals surface area (Å²) in [6.45, 7) is 0. The van der Waals surface area contributed by atoms with Gasteiger partial charge in [0, 0.05) is 12.8 Å². The molecule has 1 aromatic carbocycles. The fourth-order valence-electron chi connectivity index (χ4n) is 1.21. The second kappa shape index (κ2) is 4.52. The van der Waals surface area contributed by atoms with E-state index in [1.54, 1.807) is 12.4 Å². The Kier molecular flexibility index (Phi) is 3.09. The number of thioether (sulfide) groups is 1. The van der Waals surface area contributed by atoms with Gasteiger partial charge in [-0.15, -0.1) is 10.2 Å². The summed E-state index contributed by atoms with van der Waals surface area (Å²) in [6, 6.07) is 4.82. The molecule has 0 fully saturated rings. The fourth-order valence-corrected chi connectivity index (χ4v) is 2.04. The molecule has 2 rings (SSSR count). The van der Waals surface area contributed by atoms with Gasteiger partial charge in [-0.1, -0.05) is 17.8 Å². The van der Waals surface area contributed by atoms with Crippen LogP contribution in [0.2, 0.25) is 0 Å². The Labute approximate surface area is 96.7 Å². The molecule has 0 spiro atoms. The van der Waals surface area contributed by atoms with Gasteiger partial charge in [0.2, 0.25) is 0 Å². The molecule has 0 unspecified atom stereocenters. The second-order valence-electron chi connectivity index (χ2n) is 3.37. The molecule has 0 radical (unpaired) electrons. The van der Waals surface area contributed by atoms with Gasteiger partial charge in [0.15, 0.2) is 5.16 Å². The first-order chi connectivity index (χ1) is 7.66. The number of hydrogen-bond acceptors (Lipinski definition) is 4. The van der Waals surface area contributed by atoms with Gasteiger partial charge in [0.1, 0.15) is 12.1 Å². The maximum absolute atomic E-state index is 13.2. The molecule has 0 bridgehead atoms. The molecule has 4 nitrogen and oxygen atoms in total. The van der Waals surface area contributed by atoms with Crippen molar-refractivity contribution in [2.24, 2.45) is 7.05 Å². The third-order valence-electron chi connectivity index (χ3n) is 2.10. The lowest BCUT2D eigenvalue weighted by atomic mass is 10.2. The number of anilines is 1. The zero-order valence-corrected chi connectivity index (χ0v) is 9.54. The maximum Gasteiger partial charge on any atom is 0.191 e. The lowest BCUT2D eigenvalue weighted by Gasteiger charge is -2.02. The molecule has 0 saturated heterocycles. The lowest BCUT2D eigenvalue weighted by Crippen LogP contribution is -1.93. The highest BCUT2D eigenvalue weighted by Gasteiger charge is 2.04. The van der Waals surface area contributed by atoms with Crippen LogP contribution in [-0.2, 0) is 12.8 Å². The Morgan fingerprint density at radius 1 is 1.50 bits per heavy atom. The summed E-state index contributed by atoms with van der Waals surface area (Å²) < 4.78 is 15.0. The number of hydrogen-bond donors (Lipinski definition) is 1. The van der Waals surface area contributed by atoms with Gasteiger partial charge in [0.05, 0.1) is 5.69 Å². The van der Waals surface area contributed by atoms with E-state index in [2.05, 4.69) is 10.2 Å². The van der Waals surface area contributed by atoms with E-state index in [0.29, 0.717) is 5.75 Å². The first-order valence-electron chi connectivity index (χ1n) is 4.67. The number of aryl methyl sites for hydroxylation is 1. The third kappa shape index (κ3) is 2.33. The predicted molar refractivity (Wildman–Crippen MR) is 61.4 cm³/mol. The summed E-state index contributed by atoms with van der Waals surface area (Å²) in [6.07, 6.45) is 1.63. The van der Waals surface area contributed by atoms with E-state index in [-0.39, 0.29) is 11.5 Å². The summed E-state index contributed by atoms with van der Waals surface area (Å²) in [5.41, 5.74) is 6.44. The average molecular weight is 238 g/mol. The van der Waals surface area contributed by atoms with Crippen LogP contribution in [0.4, 0.5) is 10.1 Å². The standard InChI is InChI=1S/C10H11FN4S/c1-15-6-13-14-10(15)16-5-7-2-3-9(12)8(11)4-7/h2-4,6H,5,12H2,1H3. The van der Waals surface area contributed by atoms with Gasteiger partial charge in [-0.3, -0.25) is 0 Å². The molecule has 0 aliphatic rings. The second-order valence-corrected chi connectivity index (χ2v) is 4.31. The first kappa shape index (κ1) is 10.9. The van der Waals surface area contributed by atoms with Crippen LogP contribution in [0.3, 0.4) is 0 Å². The van der Waals surface area contributed by atoms with Gasteiger partial charge in [-0.2, -0.15) is 0 Å². The Bertz CT molecular complexity index is 497. The number of benzene rings is 1. The molecule has 2 aromatic rings. The van der Waals surface area contributed by atoms with Crippen molar-refractivity contribution in [1.29, 1.82) is 0 Å². The maximum atomic E-state index is 13.2. The highest BCUT2D eigenvalue weighted by Crippen LogP contribution is 2.21. The molecule has 84 valence electrons. The van der Waals surface area contributed by atoms with Crippen molar-refractivity contribution in [2.75, 3.05) is 5.73 Å². The van der Waals surface area contributed by atoms with Crippen LogP contribution in [-0.4, -0.2) is 14.8 Å². The molecule has 0 atom stereocenters. The van der Waals surface area contributed by atoms with E-state index < -0.39 is 0 Å². The van der Waals surface area contributed by atoms with Gasteiger partial charge in [-0.25, -0.2) is 4.39 Å². The topological polar surface area (TPSA) is 56.7 Å². The van der Waals surface area contributed by atoms with Crippen molar-refractivity contribution in [1.82, 2.24) is 14.8 Å². The number of nitrogens with zero attached hydrogens (tertiary/aromatic N) is 3. The molecule has 1 heterocycles. The van der Waals surface area contributed by atoms with Crippen molar-refractivity contribution in [2.45, 2.75) is 10.9 Å². The average Bonchev–Trinajstić information content (AvgIpc) is 2.66. The van der Waals surface area contributed by atoms with Crippen LogP contribution < -0.4 is 5.73 Å². The summed E-state index contributed by atoms with van der Waals surface area (Å²) in [5, 5.41) is 8.50. The van der Waals surface area contributed by atoms with Gasteiger partial charge in [0.25, 0.3) is 0 Å². The molecular formula is C10H11FN4S. The molecule has 2 N–H and O–H groups in total. The summed E-state index contributed by atoms with van der Waals surface area (Å²) >= 11 is 1.50. The number of nitrogens with two attached hydrogens (primary N) is 1. The summed E-state index contributed by atoms with van der Waals surface area (Å²) in [4.78, 5) is 0. The van der Waals surface area contributed by atoms with Crippen molar-refractivity contribution in [3.63, 3.8) is 0 Å². The zero-order chi connectivity index (χ0) is 11.5. The van der Waals surface area contributed by atoms with E-state index in [4.69, 9.17) is 5.73 Å². The molecule has 0 saturated carbocycles. The Balaban J connectivity index is 2.05. The molecule has 0 aliphatic heterocycles. The Hall–Kier alpha value is -1.56. The van der Waals surface area contributed by atoms with Crippen LogP contribution in [0, 0.1) is 5.82 Å². The Morgan fingerprint density at radius 2 is 2.31 bits per heavy atom. The minimum atomic E-state index is -0.379. The smallest absolute Gasteiger partial charge is 0.191 e. The molecule has 0 amide bonds. The fraction of sp³-hybridized carbons (Fsp3) is 0.200. The van der Waals surface area contributed by atoms with Gasteiger partial charge in [-0.05, 0) is 17.7 Å². The van der Waals surface area contributed by atoms with Crippen molar-refractivity contribution >= 4 is 17.4 Å². The molecule has 1 aromatic heterocycles. The lowest BCUT2D eigenvalue weighted by molar-refractivity contribution is 0.631. The first-order valence-corrected chi connectivity index (χ1v) is 5.66. The summed E-state index contributed by atoms with van der Waals surface area (Å²) in [7, 11) is 1.87. The SMILES string of the molecule is Cn1cnnc1SCc1ccc(N)c(F)c1. The molecular weight excluding hydrogens is 227 g/mol. The highest BCUT2D eigenvalue weighted by molar-refractivity contribution is 7.98. The monoisotopic (exact) mass is 238 g/mol. The van der Waals surface area contributed by atoms with Crippen molar-refractivity contribution in [3.05, 3.63) is 35.9 Å². The van der Waals surface area contributed by atoms with E-state index in [1.807, 2.05) is 17.7 Å². The Morgan fingerprint density at radius 3 is 2.94 bits per heavy atom. The zero-order valence-electron chi connectivity index (χ0n) is 8.72. The van der Waals surface area contributed by atoms with Crippen LogP contribution in [0.1, 0.15) is 5.56 Å². The quantitative estimate of drug-likeness (QED) is 0.654. The molecule has 0 aliphatic carbocycles. The number of aromatic nitrogens is 3. The van der Waals surface area contributed by atoms with Crippen LogP contribution >= 0.6 is 11.8 Å². The van der Waals surface area contributed by atoms with Crippen LogP contribution in [0.15, 0.2) is 29.7 Å². The third-order valence-corrected chi connectivity index (χ3v) is 3.21. The largest absolute Gasteiger partial charge is 0.396 e. The highest BCUT2D eigenvalue weighted by atomic mass is 32.2. The van der Waals surface area contributed by atoms with Crippen molar-refractivity contribution in [3.8, 4) is 0 Å². The van der Waals surface area contributed by atoms with Gasteiger partial charge < -0.3 is 10.3 Å². The van der Waals surface area contributed by atoms with E-state index >= 15 is 0 Å². The predicted octanol–water partition coefficient (Wildman–Crippen LogP) is 1.83. The van der Waals surface area contributed by atoms with E-state index in [9.17, 15) is 4.39 Å². The normalized spacial score (nSPS) is 10.6. The molecule has 6 heteroatoms. The van der Waals surface area contributed by atoms with Crippen molar-refractivity contribution < 1.29 is 4.39 Å². The van der Waals surface area contributed by atoms with Crippen LogP contribution in [0.5, 0.6) is 0 Å². The number of halogens is 1. The minimum Gasteiger partial charge on any atom is -0.396 e. The van der Waals surface area contributed by atoms with E-state index in [1.165, 1.54) is 17.8 Å². The van der Waals surface area contributed by atoms with Gasteiger partial charge >= 0.3 is 0 Å². The molecule has 16 heavy (non-hydrogen) atoms. The van der Waals surface area contributed by atoms with Crippen LogP contribution in [0.25, 0.3) is 0 Å². The number of nitrogen functional groups attached to an aromatic ring is 1.